The molecule has 1 aliphatic heterocycles. The summed E-state index contributed by atoms with van der Waals surface area (Å²) in [6.07, 6.45) is 5.45. The van der Waals surface area contributed by atoms with Crippen molar-refractivity contribution in [3.05, 3.63) is 57.6 Å². The summed E-state index contributed by atoms with van der Waals surface area (Å²) in [6.45, 7) is 0. The summed E-state index contributed by atoms with van der Waals surface area (Å²) in [4.78, 5) is 0. The van der Waals surface area contributed by atoms with Gasteiger partial charge in [0.2, 0.25) is 5.75 Å². The number of halogens is 2. The second kappa shape index (κ2) is 7.17. The molecular formula is C21H21Cl2NO3. The van der Waals surface area contributed by atoms with E-state index in [2.05, 4.69) is 17.5 Å². The van der Waals surface area contributed by atoms with Crippen molar-refractivity contribution in [2.75, 3.05) is 26.6 Å². The van der Waals surface area contributed by atoms with Gasteiger partial charge in [0.05, 0.1) is 38.1 Å². The van der Waals surface area contributed by atoms with E-state index in [4.69, 9.17) is 37.4 Å². The van der Waals surface area contributed by atoms with E-state index in [1.807, 2.05) is 18.2 Å². The Morgan fingerprint density at radius 1 is 0.963 bits per heavy atom. The predicted molar refractivity (Wildman–Crippen MR) is 109 cm³/mol. The van der Waals surface area contributed by atoms with Crippen molar-refractivity contribution in [2.45, 2.75) is 18.4 Å². The molecule has 0 fully saturated rings. The minimum atomic E-state index is 0.0601. The summed E-state index contributed by atoms with van der Waals surface area (Å²) in [5.74, 6) is 2.50. The maximum absolute atomic E-state index is 6.51. The number of hydrogen-bond acceptors (Lipinski definition) is 4. The molecule has 0 saturated carbocycles. The molecule has 142 valence electrons. The van der Waals surface area contributed by atoms with E-state index >= 15 is 0 Å². The highest BCUT2D eigenvalue weighted by molar-refractivity contribution is 6.36. The summed E-state index contributed by atoms with van der Waals surface area (Å²) in [5, 5.41) is 4.93. The fraction of sp³-hybridized carbons (Fsp3) is 0.333. The zero-order valence-electron chi connectivity index (χ0n) is 15.4. The minimum absolute atomic E-state index is 0.0601. The third kappa shape index (κ3) is 3.01. The Morgan fingerprint density at radius 2 is 1.67 bits per heavy atom. The molecule has 4 rings (SSSR count). The van der Waals surface area contributed by atoms with Crippen molar-refractivity contribution < 1.29 is 14.2 Å². The van der Waals surface area contributed by atoms with E-state index in [9.17, 15) is 0 Å². The van der Waals surface area contributed by atoms with E-state index in [0.717, 1.165) is 23.2 Å². The molecule has 0 unspecified atom stereocenters. The van der Waals surface area contributed by atoms with Crippen molar-refractivity contribution in [3.8, 4) is 17.2 Å². The van der Waals surface area contributed by atoms with Crippen LogP contribution in [0.5, 0.6) is 17.2 Å². The number of fused-ring (bicyclic) bond motifs is 3. The van der Waals surface area contributed by atoms with E-state index in [0.29, 0.717) is 33.2 Å². The van der Waals surface area contributed by atoms with Gasteiger partial charge in [-0.3, -0.25) is 0 Å². The highest BCUT2D eigenvalue weighted by atomic mass is 35.5. The molecule has 0 spiro atoms. The maximum atomic E-state index is 6.51. The van der Waals surface area contributed by atoms with Gasteiger partial charge in [0, 0.05) is 10.9 Å². The summed E-state index contributed by atoms with van der Waals surface area (Å²) in [6, 6.07) is 7.85. The van der Waals surface area contributed by atoms with Crippen LogP contribution in [-0.2, 0) is 0 Å². The highest BCUT2D eigenvalue weighted by Crippen LogP contribution is 2.53. The molecule has 27 heavy (non-hydrogen) atoms. The van der Waals surface area contributed by atoms with Crippen molar-refractivity contribution in [3.63, 3.8) is 0 Å². The minimum Gasteiger partial charge on any atom is -0.493 e. The van der Waals surface area contributed by atoms with Crippen LogP contribution in [0.1, 0.15) is 29.5 Å². The van der Waals surface area contributed by atoms with Gasteiger partial charge < -0.3 is 19.5 Å². The number of nitrogens with one attached hydrogen (secondary N) is 1. The van der Waals surface area contributed by atoms with Crippen LogP contribution >= 0.6 is 23.2 Å². The normalized spacial score (nSPS) is 22.6. The Hall–Kier alpha value is -2.04. The first-order valence-corrected chi connectivity index (χ1v) is 9.55. The number of ether oxygens (including phenoxy) is 3. The molecule has 0 amide bonds. The average Bonchev–Trinajstić information content (AvgIpc) is 3.16. The molecule has 2 aliphatic rings. The first-order chi connectivity index (χ1) is 13.1. The smallest absolute Gasteiger partial charge is 0.203 e. The first-order valence-electron chi connectivity index (χ1n) is 8.79. The number of methoxy groups -OCH3 is 3. The molecule has 1 N–H and O–H groups in total. The summed E-state index contributed by atoms with van der Waals surface area (Å²) in [7, 11) is 4.86. The Labute approximate surface area is 169 Å². The molecule has 0 bridgehead atoms. The third-order valence-electron chi connectivity index (χ3n) is 5.43. The molecule has 3 atom stereocenters. The third-order valence-corrected chi connectivity index (χ3v) is 5.95. The van der Waals surface area contributed by atoms with Gasteiger partial charge in [-0.25, -0.2) is 0 Å². The lowest BCUT2D eigenvalue weighted by atomic mass is 9.77. The van der Waals surface area contributed by atoms with E-state index in [1.54, 1.807) is 27.4 Å². The van der Waals surface area contributed by atoms with Crippen LogP contribution in [0.2, 0.25) is 10.0 Å². The van der Waals surface area contributed by atoms with Gasteiger partial charge in [0.25, 0.3) is 0 Å². The molecular weight excluding hydrogens is 385 g/mol. The summed E-state index contributed by atoms with van der Waals surface area (Å²) < 4.78 is 16.5. The fourth-order valence-electron chi connectivity index (χ4n) is 4.23. The van der Waals surface area contributed by atoms with Crippen molar-refractivity contribution in [1.82, 2.24) is 0 Å². The Bertz CT molecular complexity index is 888. The Morgan fingerprint density at radius 3 is 2.30 bits per heavy atom. The van der Waals surface area contributed by atoms with Crippen LogP contribution in [-0.4, -0.2) is 21.3 Å². The highest BCUT2D eigenvalue weighted by Gasteiger charge is 2.39. The van der Waals surface area contributed by atoms with Crippen LogP contribution in [0.25, 0.3) is 0 Å². The van der Waals surface area contributed by atoms with Crippen molar-refractivity contribution in [1.29, 1.82) is 0 Å². The van der Waals surface area contributed by atoms with Crippen molar-refractivity contribution >= 4 is 28.9 Å². The summed E-state index contributed by atoms with van der Waals surface area (Å²) >= 11 is 12.8. The van der Waals surface area contributed by atoms with Gasteiger partial charge in [-0.1, -0.05) is 35.4 Å². The second-order valence-electron chi connectivity index (χ2n) is 6.79. The monoisotopic (exact) mass is 405 g/mol. The standard InChI is InChI=1S/C21H21Cl2NO3/c1-25-17-7-11(8-18(26-2)21(17)27-3)19-14-6-4-5-13(14)15-9-12(22)10-16(23)20(15)24-19/h4-5,7-10,13-14,19,24H,6H2,1-3H3/t13-,14+,19+/m1/s1. The SMILES string of the molecule is COc1cc([C@@H]2Nc3c(Cl)cc(Cl)cc3[C@@H]3C=CC[C@@H]32)cc(OC)c1OC. The first kappa shape index (κ1) is 18.3. The largest absolute Gasteiger partial charge is 0.493 e. The lowest BCUT2D eigenvalue weighted by Crippen LogP contribution is -2.29. The molecule has 4 nitrogen and oxygen atoms in total. The molecule has 2 aromatic carbocycles. The average molecular weight is 406 g/mol. The molecule has 0 radical (unpaired) electrons. The number of benzene rings is 2. The van der Waals surface area contributed by atoms with Gasteiger partial charge in [-0.05, 0) is 47.7 Å². The number of allylic oxidation sites excluding steroid dienone is 2. The lowest BCUT2D eigenvalue weighted by molar-refractivity contribution is 0.322. The zero-order valence-corrected chi connectivity index (χ0v) is 16.9. The van der Waals surface area contributed by atoms with Gasteiger partial charge >= 0.3 is 0 Å². The van der Waals surface area contributed by atoms with E-state index < -0.39 is 0 Å². The lowest BCUT2D eigenvalue weighted by Gasteiger charge is -2.38. The van der Waals surface area contributed by atoms with Crippen molar-refractivity contribution in [2.24, 2.45) is 5.92 Å². The van der Waals surface area contributed by atoms with Gasteiger partial charge in [0.15, 0.2) is 11.5 Å². The van der Waals surface area contributed by atoms with Crippen LogP contribution in [0.3, 0.4) is 0 Å². The Kier molecular flexibility index (Phi) is 4.87. The molecule has 6 heteroatoms. The molecule has 1 aliphatic carbocycles. The van der Waals surface area contributed by atoms with Gasteiger partial charge in [0.1, 0.15) is 0 Å². The molecule has 0 aromatic heterocycles. The van der Waals surface area contributed by atoms with Crippen LogP contribution in [0.4, 0.5) is 5.69 Å². The maximum Gasteiger partial charge on any atom is 0.203 e. The second-order valence-corrected chi connectivity index (χ2v) is 7.63. The van der Waals surface area contributed by atoms with Gasteiger partial charge in [-0.15, -0.1) is 0 Å². The summed E-state index contributed by atoms with van der Waals surface area (Å²) in [5.41, 5.74) is 3.16. The van der Waals surface area contributed by atoms with E-state index in [-0.39, 0.29) is 12.0 Å². The topological polar surface area (TPSA) is 39.7 Å². The zero-order chi connectivity index (χ0) is 19.1. The number of rotatable bonds is 4. The fourth-order valence-corrected chi connectivity index (χ4v) is 4.80. The quantitative estimate of drug-likeness (QED) is 0.647. The number of anilines is 1. The van der Waals surface area contributed by atoms with Crippen LogP contribution in [0.15, 0.2) is 36.4 Å². The van der Waals surface area contributed by atoms with Crippen LogP contribution < -0.4 is 19.5 Å². The molecule has 0 saturated heterocycles. The number of hydrogen-bond donors (Lipinski definition) is 1. The molecule has 2 aromatic rings. The van der Waals surface area contributed by atoms with Gasteiger partial charge in [-0.2, -0.15) is 0 Å². The predicted octanol–water partition coefficient (Wildman–Crippen LogP) is 5.85. The molecule has 1 heterocycles. The van der Waals surface area contributed by atoms with E-state index in [1.165, 1.54) is 0 Å². The Balaban J connectivity index is 1.83. The van der Waals surface area contributed by atoms with Crippen LogP contribution in [0, 0.1) is 5.92 Å².